The van der Waals surface area contributed by atoms with Crippen molar-refractivity contribution < 1.29 is 14.0 Å². The highest BCUT2D eigenvalue weighted by Crippen LogP contribution is 2.28. The number of fused-ring (bicyclic) bond motifs is 1. The summed E-state index contributed by atoms with van der Waals surface area (Å²) in [4.78, 5) is 25.5. The molecular formula is C14H9N3O3. The van der Waals surface area contributed by atoms with E-state index in [2.05, 4.69) is 0 Å². The summed E-state index contributed by atoms with van der Waals surface area (Å²) in [6.45, 7) is -0.0204. The van der Waals surface area contributed by atoms with E-state index in [1.165, 1.54) is 6.07 Å². The minimum Gasteiger partial charge on any atom is -0.449 e. The molecule has 2 N–H and O–H groups in total. The van der Waals surface area contributed by atoms with Crippen LogP contribution in [0.15, 0.2) is 34.7 Å². The second-order valence-corrected chi connectivity index (χ2v) is 4.34. The molecule has 2 heterocycles. The molecule has 0 bridgehead atoms. The van der Waals surface area contributed by atoms with Gasteiger partial charge in [0, 0.05) is 5.69 Å². The molecule has 6 heteroatoms. The van der Waals surface area contributed by atoms with Crippen LogP contribution in [-0.2, 0) is 6.54 Å². The van der Waals surface area contributed by atoms with Crippen molar-refractivity contribution in [1.29, 1.82) is 5.26 Å². The molecule has 2 amide bonds. The maximum absolute atomic E-state index is 12.2. The van der Waals surface area contributed by atoms with Gasteiger partial charge in [0.15, 0.2) is 0 Å². The number of hydrogen-bond donors (Lipinski definition) is 1. The second-order valence-electron chi connectivity index (χ2n) is 4.34. The largest absolute Gasteiger partial charge is 0.449 e. The van der Waals surface area contributed by atoms with Crippen LogP contribution < -0.4 is 5.73 Å². The number of hydrogen-bond acceptors (Lipinski definition) is 5. The lowest BCUT2D eigenvalue weighted by atomic mass is 10.1. The SMILES string of the molecule is N#Cc1ccc(CN2C(=O)c3cccc(N)c3C2=O)o1. The highest BCUT2D eigenvalue weighted by molar-refractivity contribution is 6.23. The lowest BCUT2D eigenvalue weighted by molar-refractivity contribution is 0.0631. The third kappa shape index (κ3) is 1.65. The predicted octanol–water partition coefficient (Wildman–Crippen LogP) is 1.53. The monoisotopic (exact) mass is 267 g/mol. The van der Waals surface area contributed by atoms with Crippen molar-refractivity contribution >= 4 is 17.5 Å². The molecule has 0 radical (unpaired) electrons. The van der Waals surface area contributed by atoms with E-state index < -0.39 is 11.8 Å². The van der Waals surface area contributed by atoms with Gasteiger partial charge in [-0.2, -0.15) is 5.26 Å². The number of anilines is 1. The quantitative estimate of drug-likeness (QED) is 0.656. The minimum absolute atomic E-state index is 0.0204. The highest BCUT2D eigenvalue weighted by Gasteiger charge is 2.37. The molecule has 1 aromatic heterocycles. The van der Waals surface area contributed by atoms with Crippen molar-refractivity contribution in [1.82, 2.24) is 4.90 Å². The van der Waals surface area contributed by atoms with E-state index in [1.807, 2.05) is 6.07 Å². The summed E-state index contributed by atoms with van der Waals surface area (Å²) < 4.78 is 5.18. The summed E-state index contributed by atoms with van der Waals surface area (Å²) in [6.07, 6.45) is 0. The van der Waals surface area contributed by atoms with Crippen molar-refractivity contribution in [3.63, 3.8) is 0 Å². The topological polar surface area (TPSA) is 100 Å². The van der Waals surface area contributed by atoms with Gasteiger partial charge in [-0.05, 0) is 24.3 Å². The first-order valence-electron chi connectivity index (χ1n) is 5.85. The Hall–Kier alpha value is -3.07. The van der Waals surface area contributed by atoms with Crippen LogP contribution in [0, 0.1) is 11.3 Å². The number of amides is 2. The molecule has 1 aromatic carbocycles. The molecule has 0 fully saturated rings. The smallest absolute Gasteiger partial charge is 0.264 e. The maximum Gasteiger partial charge on any atom is 0.264 e. The molecule has 1 aliphatic rings. The molecule has 1 aliphatic heterocycles. The van der Waals surface area contributed by atoms with Crippen molar-refractivity contribution in [3.8, 4) is 6.07 Å². The molecule has 0 saturated carbocycles. The van der Waals surface area contributed by atoms with Crippen LogP contribution in [0.5, 0.6) is 0 Å². The van der Waals surface area contributed by atoms with E-state index in [4.69, 9.17) is 15.4 Å². The van der Waals surface area contributed by atoms with Crippen LogP contribution in [0.1, 0.15) is 32.2 Å². The Morgan fingerprint density at radius 3 is 2.65 bits per heavy atom. The number of carbonyl (C=O) groups is 2. The number of nitriles is 1. The first-order chi connectivity index (χ1) is 9.61. The Labute approximate surface area is 114 Å². The Morgan fingerprint density at radius 2 is 2.00 bits per heavy atom. The number of imide groups is 1. The molecule has 2 aromatic rings. The van der Waals surface area contributed by atoms with Gasteiger partial charge in [0.05, 0.1) is 17.7 Å². The molecule has 0 saturated heterocycles. The van der Waals surface area contributed by atoms with E-state index >= 15 is 0 Å². The molecule has 98 valence electrons. The normalized spacial score (nSPS) is 13.4. The van der Waals surface area contributed by atoms with Gasteiger partial charge in [-0.3, -0.25) is 14.5 Å². The lowest BCUT2D eigenvalue weighted by Crippen LogP contribution is -2.29. The van der Waals surface area contributed by atoms with E-state index in [0.29, 0.717) is 11.3 Å². The van der Waals surface area contributed by atoms with Gasteiger partial charge < -0.3 is 10.2 Å². The average Bonchev–Trinajstić information content (AvgIpc) is 2.99. The third-order valence-electron chi connectivity index (χ3n) is 3.12. The number of benzene rings is 1. The van der Waals surface area contributed by atoms with Gasteiger partial charge in [-0.25, -0.2) is 0 Å². The van der Waals surface area contributed by atoms with Crippen LogP contribution in [0.25, 0.3) is 0 Å². The van der Waals surface area contributed by atoms with Crippen LogP contribution in [0.4, 0.5) is 5.69 Å². The van der Waals surface area contributed by atoms with Crippen LogP contribution in [-0.4, -0.2) is 16.7 Å². The summed E-state index contributed by atoms with van der Waals surface area (Å²) >= 11 is 0. The fraction of sp³-hybridized carbons (Fsp3) is 0.0714. The molecular weight excluding hydrogens is 258 g/mol. The van der Waals surface area contributed by atoms with Gasteiger partial charge in [0.25, 0.3) is 11.8 Å². The van der Waals surface area contributed by atoms with Gasteiger partial charge in [0.2, 0.25) is 5.76 Å². The molecule has 0 unspecified atom stereocenters. The summed E-state index contributed by atoms with van der Waals surface area (Å²) in [7, 11) is 0. The van der Waals surface area contributed by atoms with E-state index in [-0.39, 0.29) is 23.6 Å². The fourth-order valence-corrected chi connectivity index (χ4v) is 2.18. The molecule has 20 heavy (non-hydrogen) atoms. The van der Waals surface area contributed by atoms with Crippen molar-refractivity contribution in [3.05, 3.63) is 53.0 Å². The number of nitrogen functional groups attached to an aromatic ring is 1. The van der Waals surface area contributed by atoms with E-state index in [1.54, 1.807) is 24.3 Å². The van der Waals surface area contributed by atoms with Gasteiger partial charge >= 0.3 is 0 Å². The Balaban J connectivity index is 1.94. The first kappa shape index (κ1) is 12.0. The van der Waals surface area contributed by atoms with Crippen molar-refractivity contribution in [2.45, 2.75) is 6.54 Å². The van der Waals surface area contributed by atoms with Gasteiger partial charge in [0.1, 0.15) is 11.8 Å². The zero-order chi connectivity index (χ0) is 14.3. The fourth-order valence-electron chi connectivity index (χ4n) is 2.18. The summed E-state index contributed by atoms with van der Waals surface area (Å²) in [6, 6.07) is 9.67. The molecule has 6 nitrogen and oxygen atoms in total. The Morgan fingerprint density at radius 1 is 1.20 bits per heavy atom. The minimum atomic E-state index is -0.446. The van der Waals surface area contributed by atoms with Crippen molar-refractivity contribution in [2.24, 2.45) is 0 Å². The van der Waals surface area contributed by atoms with E-state index in [0.717, 1.165) is 4.90 Å². The molecule has 0 atom stereocenters. The molecule has 3 rings (SSSR count). The second kappa shape index (κ2) is 4.24. The number of rotatable bonds is 2. The maximum atomic E-state index is 12.2. The number of carbonyl (C=O) groups excluding carboxylic acids is 2. The van der Waals surface area contributed by atoms with Gasteiger partial charge in [-0.1, -0.05) is 6.07 Å². The zero-order valence-corrected chi connectivity index (χ0v) is 10.3. The Bertz CT molecular complexity index is 770. The predicted molar refractivity (Wildman–Crippen MR) is 68.5 cm³/mol. The summed E-state index contributed by atoms with van der Waals surface area (Å²) in [5.41, 5.74) is 6.54. The molecule has 0 spiro atoms. The van der Waals surface area contributed by atoms with Gasteiger partial charge in [-0.15, -0.1) is 0 Å². The number of furan rings is 1. The Kier molecular flexibility index (Phi) is 2.54. The summed E-state index contributed by atoms with van der Waals surface area (Å²) in [5, 5.41) is 8.69. The first-order valence-corrected chi connectivity index (χ1v) is 5.85. The van der Waals surface area contributed by atoms with Crippen LogP contribution in [0.2, 0.25) is 0 Å². The summed E-state index contributed by atoms with van der Waals surface area (Å²) in [5.74, 6) is -0.351. The van der Waals surface area contributed by atoms with E-state index in [9.17, 15) is 9.59 Å². The third-order valence-corrected chi connectivity index (χ3v) is 3.12. The average molecular weight is 267 g/mol. The highest BCUT2D eigenvalue weighted by atomic mass is 16.3. The van der Waals surface area contributed by atoms with Crippen LogP contribution >= 0.6 is 0 Å². The number of nitrogens with two attached hydrogens (primary N) is 1. The molecule has 0 aliphatic carbocycles. The lowest BCUT2D eigenvalue weighted by Gasteiger charge is -2.11. The van der Waals surface area contributed by atoms with Crippen molar-refractivity contribution in [2.75, 3.05) is 5.73 Å². The van der Waals surface area contributed by atoms with Crippen LogP contribution in [0.3, 0.4) is 0 Å². The zero-order valence-electron chi connectivity index (χ0n) is 10.3. The number of nitrogens with zero attached hydrogens (tertiary/aromatic N) is 2. The standard InChI is InChI=1S/C14H9N3O3/c15-6-8-4-5-9(20-8)7-17-13(18)10-2-1-3-11(16)12(10)14(17)19/h1-5H,7,16H2.